The first kappa shape index (κ1) is 22.3. The highest BCUT2D eigenvalue weighted by molar-refractivity contribution is 6.10. The quantitative estimate of drug-likeness (QED) is 0.309. The number of ether oxygens (including phenoxy) is 1. The summed E-state index contributed by atoms with van der Waals surface area (Å²) in [6.45, 7) is 0.277. The summed E-state index contributed by atoms with van der Waals surface area (Å²) < 4.78 is 34.6. The molecule has 0 aliphatic heterocycles. The molecule has 0 spiro atoms. The van der Waals surface area contributed by atoms with Gasteiger partial charge in [0.25, 0.3) is 5.91 Å². The van der Waals surface area contributed by atoms with Crippen LogP contribution in [0, 0.1) is 11.6 Å². The Labute approximate surface area is 200 Å². The van der Waals surface area contributed by atoms with Crippen molar-refractivity contribution in [2.24, 2.45) is 0 Å². The lowest BCUT2D eigenvalue weighted by Crippen LogP contribution is -2.13. The number of nitrogens with one attached hydrogen (secondary N) is 1. The number of carbonyl (C=O) groups is 1. The second kappa shape index (κ2) is 9.77. The van der Waals surface area contributed by atoms with Crippen LogP contribution in [0.4, 0.5) is 14.5 Å². The average molecular weight is 469 g/mol. The van der Waals surface area contributed by atoms with Crippen LogP contribution in [-0.2, 0) is 13.2 Å². The zero-order valence-electron chi connectivity index (χ0n) is 18.6. The summed E-state index contributed by atoms with van der Waals surface area (Å²) in [5, 5.41) is 9.25. The van der Waals surface area contributed by atoms with Crippen LogP contribution in [0.3, 0.4) is 0 Å². The maximum Gasteiger partial charge on any atom is 0.262 e. The Hall–Kier alpha value is -4.52. The summed E-state index contributed by atoms with van der Waals surface area (Å²) >= 11 is 0. The lowest BCUT2D eigenvalue weighted by Gasteiger charge is -2.09. The summed E-state index contributed by atoms with van der Waals surface area (Å²) in [4.78, 5) is 13.3. The maximum atomic E-state index is 13.6. The summed E-state index contributed by atoms with van der Waals surface area (Å²) in [5.41, 5.74) is 2.16. The van der Waals surface area contributed by atoms with Crippen molar-refractivity contribution in [2.75, 3.05) is 5.32 Å². The number of halogens is 2. The van der Waals surface area contributed by atoms with Gasteiger partial charge < -0.3 is 10.1 Å². The third-order valence-corrected chi connectivity index (χ3v) is 5.51. The SMILES string of the molecule is O=C(Nc1cccc2ccccc12)c1cn(Cc2cccc(F)c2)nc1OCc1cccc(F)c1. The summed E-state index contributed by atoms with van der Waals surface area (Å²) in [5.74, 6) is -1.03. The van der Waals surface area contributed by atoms with E-state index < -0.39 is 5.91 Å². The van der Waals surface area contributed by atoms with Gasteiger partial charge >= 0.3 is 0 Å². The molecule has 35 heavy (non-hydrogen) atoms. The normalized spacial score (nSPS) is 10.9. The largest absolute Gasteiger partial charge is 0.471 e. The van der Waals surface area contributed by atoms with E-state index in [0.29, 0.717) is 16.8 Å². The van der Waals surface area contributed by atoms with E-state index in [1.165, 1.54) is 28.9 Å². The summed E-state index contributed by atoms with van der Waals surface area (Å²) in [7, 11) is 0. The number of aromatic nitrogens is 2. The van der Waals surface area contributed by atoms with Gasteiger partial charge in [-0.25, -0.2) is 8.78 Å². The molecule has 5 nitrogen and oxygen atoms in total. The first-order chi connectivity index (χ1) is 17.0. The molecule has 7 heteroatoms. The van der Waals surface area contributed by atoms with E-state index in [2.05, 4.69) is 10.4 Å². The Morgan fingerprint density at radius 1 is 0.857 bits per heavy atom. The van der Waals surface area contributed by atoms with E-state index in [-0.39, 0.29) is 36.2 Å². The number of nitrogens with zero attached hydrogens (tertiary/aromatic N) is 2. The second-order valence-corrected chi connectivity index (χ2v) is 8.07. The van der Waals surface area contributed by atoms with Gasteiger partial charge in [-0.3, -0.25) is 9.48 Å². The predicted molar refractivity (Wildman–Crippen MR) is 130 cm³/mol. The van der Waals surface area contributed by atoms with Crippen molar-refractivity contribution in [1.29, 1.82) is 0 Å². The number of fused-ring (bicyclic) bond motifs is 1. The van der Waals surface area contributed by atoms with Gasteiger partial charge in [0.15, 0.2) is 0 Å². The highest BCUT2D eigenvalue weighted by Gasteiger charge is 2.19. The minimum atomic E-state index is -0.402. The monoisotopic (exact) mass is 469 g/mol. The highest BCUT2D eigenvalue weighted by Crippen LogP contribution is 2.26. The van der Waals surface area contributed by atoms with Gasteiger partial charge in [-0.2, -0.15) is 0 Å². The standard InChI is InChI=1S/C28H21F2N3O2/c29-22-10-3-6-19(14-22)16-33-17-25(28(32-33)35-18-20-7-4-11-23(30)15-20)27(34)31-26-13-5-9-21-8-1-2-12-24(21)26/h1-15,17H,16,18H2,(H,31,34). The van der Waals surface area contributed by atoms with Crippen molar-refractivity contribution < 1.29 is 18.3 Å². The Balaban J connectivity index is 1.44. The van der Waals surface area contributed by atoms with Gasteiger partial charge in [0.2, 0.25) is 5.88 Å². The molecule has 0 fully saturated rings. The Morgan fingerprint density at radius 2 is 1.54 bits per heavy atom. The van der Waals surface area contributed by atoms with Gasteiger partial charge in [0, 0.05) is 17.3 Å². The topological polar surface area (TPSA) is 56.2 Å². The van der Waals surface area contributed by atoms with Crippen molar-refractivity contribution in [2.45, 2.75) is 13.2 Å². The van der Waals surface area contributed by atoms with Crippen LogP contribution in [0.1, 0.15) is 21.5 Å². The van der Waals surface area contributed by atoms with Gasteiger partial charge in [-0.05, 0) is 46.8 Å². The smallest absolute Gasteiger partial charge is 0.262 e. The molecule has 0 radical (unpaired) electrons. The van der Waals surface area contributed by atoms with Gasteiger partial charge in [0.1, 0.15) is 23.8 Å². The zero-order valence-corrected chi connectivity index (χ0v) is 18.6. The van der Waals surface area contributed by atoms with Crippen LogP contribution in [0.25, 0.3) is 10.8 Å². The van der Waals surface area contributed by atoms with E-state index in [0.717, 1.165) is 10.8 Å². The molecule has 5 aromatic rings. The molecule has 0 aliphatic rings. The van der Waals surface area contributed by atoms with Crippen LogP contribution in [-0.4, -0.2) is 15.7 Å². The fourth-order valence-electron chi connectivity index (χ4n) is 3.87. The third kappa shape index (κ3) is 5.19. The highest BCUT2D eigenvalue weighted by atomic mass is 19.1. The number of rotatable bonds is 7. The number of hydrogen-bond acceptors (Lipinski definition) is 3. The van der Waals surface area contributed by atoms with Crippen LogP contribution >= 0.6 is 0 Å². The fourth-order valence-corrected chi connectivity index (χ4v) is 3.87. The molecule has 0 saturated heterocycles. The molecule has 0 atom stereocenters. The first-order valence-corrected chi connectivity index (χ1v) is 11.0. The minimum Gasteiger partial charge on any atom is -0.471 e. The first-order valence-electron chi connectivity index (χ1n) is 11.0. The van der Waals surface area contributed by atoms with E-state index in [9.17, 15) is 13.6 Å². The number of hydrogen-bond donors (Lipinski definition) is 1. The van der Waals surface area contributed by atoms with Crippen molar-refractivity contribution in [1.82, 2.24) is 9.78 Å². The molecule has 1 amide bonds. The van der Waals surface area contributed by atoms with Crippen LogP contribution in [0.15, 0.2) is 97.2 Å². The lowest BCUT2D eigenvalue weighted by molar-refractivity contribution is 0.102. The van der Waals surface area contributed by atoms with E-state index in [1.807, 2.05) is 42.5 Å². The van der Waals surface area contributed by atoms with E-state index >= 15 is 0 Å². The van der Waals surface area contributed by atoms with Gasteiger partial charge in [-0.15, -0.1) is 5.10 Å². The molecule has 1 heterocycles. The van der Waals surface area contributed by atoms with Crippen molar-refractivity contribution in [3.05, 3.63) is 126 Å². The molecule has 1 N–H and O–H groups in total. The molecule has 174 valence electrons. The fraction of sp³-hybridized carbons (Fsp3) is 0.0714. The number of amides is 1. The molecule has 0 saturated carbocycles. The number of carbonyl (C=O) groups excluding carboxylic acids is 1. The maximum absolute atomic E-state index is 13.6. The van der Waals surface area contributed by atoms with E-state index in [1.54, 1.807) is 30.5 Å². The van der Waals surface area contributed by atoms with Crippen LogP contribution in [0.2, 0.25) is 0 Å². The van der Waals surface area contributed by atoms with Crippen molar-refractivity contribution in [3.63, 3.8) is 0 Å². The van der Waals surface area contributed by atoms with Crippen LogP contribution < -0.4 is 10.1 Å². The van der Waals surface area contributed by atoms with Crippen LogP contribution in [0.5, 0.6) is 5.88 Å². The molecular weight excluding hydrogens is 448 g/mol. The Bertz CT molecular complexity index is 1510. The Morgan fingerprint density at radius 3 is 2.34 bits per heavy atom. The van der Waals surface area contributed by atoms with Crippen molar-refractivity contribution >= 4 is 22.4 Å². The molecule has 0 bridgehead atoms. The van der Waals surface area contributed by atoms with Crippen molar-refractivity contribution in [3.8, 4) is 5.88 Å². The summed E-state index contributed by atoms with van der Waals surface area (Å²) in [6, 6.07) is 25.6. The molecule has 1 aromatic heterocycles. The minimum absolute atomic E-state index is 0.0310. The summed E-state index contributed by atoms with van der Waals surface area (Å²) in [6.07, 6.45) is 1.56. The van der Waals surface area contributed by atoms with Gasteiger partial charge in [-0.1, -0.05) is 60.7 Å². The number of benzene rings is 4. The predicted octanol–water partition coefficient (Wildman–Crippen LogP) is 6.19. The molecule has 0 unspecified atom stereocenters. The molecule has 4 aromatic carbocycles. The molecule has 0 aliphatic carbocycles. The third-order valence-electron chi connectivity index (χ3n) is 5.51. The average Bonchev–Trinajstić information content (AvgIpc) is 3.26. The molecule has 5 rings (SSSR count). The Kier molecular flexibility index (Phi) is 6.22. The van der Waals surface area contributed by atoms with E-state index in [4.69, 9.17) is 4.74 Å². The zero-order chi connectivity index (χ0) is 24.2. The molecular formula is C28H21F2N3O2. The lowest BCUT2D eigenvalue weighted by atomic mass is 10.1. The van der Waals surface area contributed by atoms with Gasteiger partial charge in [0.05, 0.1) is 6.54 Å². The number of anilines is 1. The second-order valence-electron chi connectivity index (χ2n) is 8.07.